The summed E-state index contributed by atoms with van der Waals surface area (Å²) < 4.78 is 44.0. The first-order valence-electron chi connectivity index (χ1n) is 9.59. The summed E-state index contributed by atoms with van der Waals surface area (Å²) in [6.07, 6.45) is 3.45. The number of phosphoric ester groups is 1. The second-order valence-corrected chi connectivity index (χ2v) is 8.36. The first-order chi connectivity index (χ1) is 12.8. The minimum absolute atomic E-state index is 0.100. The molecule has 0 atom stereocenters. The van der Waals surface area contributed by atoms with Gasteiger partial charge in [0.15, 0.2) is 0 Å². The van der Waals surface area contributed by atoms with Gasteiger partial charge in [-0.2, -0.15) is 0 Å². The maximum absolute atomic E-state index is 12.5. The average Bonchev–Trinajstić information content (AvgIpc) is 2.63. The van der Waals surface area contributed by atoms with E-state index in [9.17, 15) is 9.36 Å². The molecule has 0 aromatic heterocycles. The fourth-order valence-corrected chi connectivity index (χ4v) is 3.07. The van der Waals surface area contributed by atoms with Gasteiger partial charge in [-0.3, -0.25) is 18.4 Å². The molecule has 27 heavy (non-hydrogen) atoms. The number of methoxy groups -OCH3 is 1. The van der Waals surface area contributed by atoms with Crippen molar-refractivity contribution in [3.8, 4) is 0 Å². The van der Waals surface area contributed by atoms with Gasteiger partial charge in [0.25, 0.3) is 0 Å². The van der Waals surface area contributed by atoms with Gasteiger partial charge in [0.2, 0.25) is 0 Å². The van der Waals surface area contributed by atoms with Crippen LogP contribution >= 0.6 is 7.82 Å². The minimum atomic E-state index is -3.54. The van der Waals surface area contributed by atoms with E-state index in [4.69, 9.17) is 27.8 Å². The van der Waals surface area contributed by atoms with Crippen molar-refractivity contribution in [1.29, 1.82) is 0 Å². The molecular weight excluding hydrogens is 375 g/mol. The van der Waals surface area contributed by atoms with Crippen LogP contribution in [0.4, 0.5) is 0 Å². The molecular formula is C18H37O8P. The Hall–Kier alpha value is -0.500. The van der Waals surface area contributed by atoms with E-state index in [2.05, 4.69) is 0 Å². The van der Waals surface area contributed by atoms with Gasteiger partial charge in [-0.25, -0.2) is 4.57 Å². The second kappa shape index (κ2) is 15.4. The molecule has 0 bridgehead atoms. The summed E-state index contributed by atoms with van der Waals surface area (Å²) in [7, 11) is -2.19. The monoisotopic (exact) mass is 412 g/mol. The third-order valence-electron chi connectivity index (χ3n) is 3.54. The Labute approximate surface area is 163 Å². The van der Waals surface area contributed by atoms with Crippen molar-refractivity contribution in [2.75, 3.05) is 53.4 Å². The normalized spacial score (nSPS) is 12.3. The third kappa shape index (κ3) is 13.3. The summed E-state index contributed by atoms with van der Waals surface area (Å²) in [4.78, 5) is 11.5. The molecule has 0 aromatic rings. The Morgan fingerprint density at radius 3 is 1.81 bits per heavy atom. The molecule has 0 unspecified atom stereocenters. The second-order valence-electron chi connectivity index (χ2n) is 6.69. The highest BCUT2D eigenvalue weighted by Gasteiger charge is 2.29. The number of carbonyl (C=O) groups excluding carboxylic acids is 1. The Morgan fingerprint density at radius 2 is 1.30 bits per heavy atom. The molecule has 0 aromatic carbocycles. The van der Waals surface area contributed by atoms with Gasteiger partial charge in [0.05, 0.1) is 58.8 Å². The van der Waals surface area contributed by atoms with E-state index in [1.165, 1.54) is 7.11 Å². The largest absolute Gasteiger partial charge is 0.474 e. The molecule has 0 amide bonds. The first kappa shape index (κ1) is 26.5. The van der Waals surface area contributed by atoms with E-state index in [0.717, 1.165) is 25.7 Å². The van der Waals surface area contributed by atoms with Gasteiger partial charge >= 0.3 is 13.8 Å². The maximum atomic E-state index is 12.5. The molecule has 9 heteroatoms. The Balaban J connectivity index is 3.95. The van der Waals surface area contributed by atoms with Gasteiger partial charge in [-0.05, 0) is 26.7 Å². The topological polar surface area (TPSA) is 89.5 Å². The number of hydrogen-bond acceptors (Lipinski definition) is 8. The van der Waals surface area contributed by atoms with Crippen LogP contribution in [0, 0.1) is 5.41 Å². The van der Waals surface area contributed by atoms with Crippen molar-refractivity contribution >= 4 is 13.8 Å². The number of hydrogen-bond donors (Lipinski definition) is 0. The average molecular weight is 412 g/mol. The van der Waals surface area contributed by atoms with Crippen molar-refractivity contribution < 1.29 is 37.1 Å². The van der Waals surface area contributed by atoms with Crippen molar-refractivity contribution in [3.05, 3.63) is 0 Å². The number of esters is 1. The zero-order valence-electron chi connectivity index (χ0n) is 17.5. The van der Waals surface area contributed by atoms with E-state index >= 15 is 0 Å². The molecule has 0 radical (unpaired) electrons. The summed E-state index contributed by atoms with van der Waals surface area (Å²) in [5, 5.41) is 0. The van der Waals surface area contributed by atoms with Crippen molar-refractivity contribution in [2.24, 2.45) is 5.41 Å². The summed E-state index contributed by atoms with van der Waals surface area (Å²) in [6.45, 7) is 9.47. The molecule has 0 aliphatic rings. The number of rotatable bonds is 18. The first-order valence-corrected chi connectivity index (χ1v) is 11.0. The smallest absolute Gasteiger partial charge is 0.469 e. The molecule has 162 valence electrons. The molecule has 8 nitrogen and oxygen atoms in total. The summed E-state index contributed by atoms with van der Waals surface area (Å²) in [5.74, 6) is -0.321. The van der Waals surface area contributed by atoms with E-state index < -0.39 is 13.2 Å². The maximum Gasteiger partial charge on any atom is 0.474 e. The van der Waals surface area contributed by atoms with Gasteiger partial charge in [-0.15, -0.1) is 0 Å². The Bertz CT molecular complexity index is 414. The molecule has 0 rings (SSSR count). The van der Waals surface area contributed by atoms with Crippen LogP contribution in [0.15, 0.2) is 0 Å². The number of ether oxygens (including phenoxy) is 3. The number of phosphoric acid groups is 1. The zero-order chi connectivity index (χ0) is 20.6. The van der Waals surface area contributed by atoms with Crippen LogP contribution in [0.2, 0.25) is 0 Å². The molecule has 0 aliphatic carbocycles. The number of carbonyl (C=O) groups is 1. The van der Waals surface area contributed by atoms with Crippen LogP contribution in [0.25, 0.3) is 0 Å². The van der Waals surface area contributed by atoms with Crippen LogP contribution in [0.1, 0.15) is 53.4 Å². The van der Waals surface area contributed by atoms with Crippen LogP contribution in [0.5, 0.6) is 0 Å². The highest BCUT2D eigenvalue weighted by Crippen LogP contribution is 2.49. The zero-order valence-corrected chi connectivity index (χ0v) is 18.4. The fraction of sp³-hybridized carbons (Fsp3) is 0.944. The molecule has 0 aliphatic heterocycles. The SMILES string of the molecule is CCCCOP(=O)(OCCCC)OCCOCCOCC(C)(C)C(=O)OC. The van der Waals surface area contributed by atoms with Crippen LogP contribution in [0.3, 0.4) is 0 Å². The van der Waals surface area contributed by atoms with Crippen LogP contribution < -0.4 is 0 Å². The van der Waals surface area contributed by atoms with Crippen molar-refractivity contribution in [1.82, 2.24) is 0 Å². The highest BCUT2D eigenvalue weighted by molar-refractivity contribution is 7.48. The van der Waals surface area contributed by atoms with Crippen LogP contribution in [-0.4, -0.2) is 59.3 Å². The van der Waals surface area contributed by atoms with Gasteiger partial charge in [0, 0.05) is 0 Å². The van der Waals surface area contributed by atoms with Gasteiger partial charge < -0.3 is 14.2 Å². The summed E-state index contributed by atoms with van der Waals surface area (Å²) in [5.41, 5.74) is -0.698. The van der Waals surface area contributed by atoms with E-state index in [1.807, 2.05) is 13.8 Å². The van der Waals surface area contributed by atoms with E-state index in [1.54, 1.807) is 13.8 Å². The molecule has 0 spiro atoms. The molecule has 0 N–H and O–H groups in total. The van der Waals surface area contributed by atoms with Crippen LogP contribution in [-0.2, 0) is 37.1 Å². The lowest BCUT2D eigenvalue weighted by Crippen LogP contribution is -2.31. The summed E-state index contributed by atoms with van der Waals surface area (Å²) >= 11 is 0. The van der Waals surface area contributed by atoms with Crippen molar-refractivity contribution in [3.63, 3.8) is 0 Å². The molecule has 0 saturated carbocycles. The molecule has 0 saturated heterocycles. The van der Waals surface area contributed by atoms with Crippen molar-refractivity contribution in [2.45, 2.75) is 53.4 Å². The molecule has 0 fully saturated rings. The fourth-order valence-electron chi connectivity index (χ4n) is 1.84. The highest BCUT2D eigenvalue weighted by atomic mass is 31.2. The van der Waals surface area contributed by atoms with E-state index in [0.29, 0.717) is 26.4 Å². The number of unbranched alkanes of at least 4 members (excludes halogenated alkanes) is 2. The lowest BCUT2D eigenvalue weighted by molar-refractivity contribution is -0.154. The van der Waals surface area contributed by atoms with E-state index in [-0.39, 0.29) is 25.8 Å². The Morgan fingerprint density at radius 1 is 0.815 bits per heavy atom. The molecule has 0 heterocycles. The Kier molecular flexibility index (Phi) is 15.1. The minimum Gasteiger partial charge on any atom is -0.469 e. The van der Waals surface area contributed by atoms with Gasteiger partial charge in [0.1, 0.15) is 0 Å². The van der Waals surface area contributed by atoms with Gasteiger partial charge in [-0.1, -0.05) is 26.7 Å². The lowest BCUT2D eigenvalue weighted by Gasteiger charge is -2.21. The quantitative estimate of drug-likeness (QED) is 0.190. The standard InChI is InChI=1S/C18H37O8P/c1-6-8-10-24-27(20,25-11-9-7-2)26-15-14-22-12-13-23-16-18(3,4)17(19)21-5/h6-16H2,1-5H3. The lowest BCUT2D eigenvalue weighted by atomic mass is 9.95. The predicted octanol–water partition coefficient (Wildman–Crippen LogP) is 3.98. The predicted molar refractivity (Wildman–Crippen MR) is 103 cm³/mol. The summed E-state index contributed by atoms with van der Waals surface area (Å²) in [6, 6.07) is 0. The third-order valence-corrected chi connectivity index (χ3v) is 5.04.